The van der Waals surface area contributed by atoms with Crippen molar-refractivity contribution in [2.24, 2.45) is 7.05 Å². The molecule has 2 fully saturated rings. The first-order valence-electron chi connectivity index (χ1n) is 10.8. The first kappa shape index (κ1) is 21.3. The molecule has 7 nitrogen and oxygen atoms in total. The molecule has 1 N–H and O–H groups in total. The molecule has 1 aromatic carbocycles. The Morgan fingerprint density at radius 2 is 1.87 bits per heavy atom. The molecule has 2 atom stereocenters. The average molecular weight is 433 g/mol. The Balaban J connectivity index is 1.37. The van der Waals surface area contributed by atoms with Crippen molar-refractivity contribution in [3.8, 4) is 0 Å². The molecule has 2 heterocycles. The third-order valence-corrected chi connectivity index (χ3v) is 7.11. The molecule has 1 aliphatic carbocycles. The Hall–Kier alpha value is -1.90. The highest BCUT2D eigenvalue weighted by molar-refractivity contribution is 7.88. The number of nitrogens with one attached hydrogen (secondary N) is 1. The van der Waals surface area contributed by atoms with Crippen LogP contribution in [0.25, 0.3) is 0 Å². The van der Waals surface area contributed by atoms with E-state index in [9.17, 15) is 8.42 Å². The lowest BCUT2D eigenvalue weighted by atomic mass is 9.83. The zero-order valence-corrected chi connectivity index (χ0v) is 18.6. The fourth-order valence-electron chi connectivity index (χ4n) is 4.87. The van der Waals surface area contributed by atoms with Gasteiger partial charge in [-0.15, -0.1) is 0 Å². The third kappa shape index (κ3) is 5.22. The summed E-state index contributed by atoms with van der Waals surface area (Å²) in [6, 6.07) is 10.5. The molecule has 1 saturated heterocycles. The lowest BCUT2D eigenvalue weighted by Gasteiger charge is -2.33. The number of anilines is 1. The van der Waals surface area contributed by atoms with Crippen LogP contribution in [0.2, 0.25) is 0 Å². The zero-order valence-electron chi connectivity index (χ0n) is 17.8. The maximum absolute atomic E-state index is 11.9. The number of hydrogen-bond donors (Lipinski definition) is 1. The molecule has 0 bridgehead atoms. The molecule has 1 aliphatic heterocycles. The number of sulfonamides is 1. The van der Waals surface area contributed by atoms with E-state index in [-0.39, 0.29) is 18.2 Å². The van der Waals surface area contributed by atoms with Gasteiger partial charge in [-0.3, -0.25) is 4.68 Å². The molecule has 0 radical (unpaired) electrons. The topological polar surface area (TPSA) is 76.5 Å². The van der Waals surface area contributed by atoms with E-state index < -0.39 is 10.0 Å². The molecule has 4 rings (SSSR count). The van der Waals surface area contributed by atoms with Gasteiger partial charge in [-0.05, 0) is 43.6 Å². The standard InChI is InChI=1S/C22H32N4O3S/c1-25-15-19(14-23-25)26-13-12-21(24-30(2,27)28)22(26)16-29-20-10-8-18(9-11-20)17-6-4-3-5-7-17/h3-7,14-15,18,20-22,24H,8-13,16H2,1-2H3/t18?,20?,21-,22-/m0/s1. The maximum Gasteiger partial charge on any atom is 0.209 e. The predicted octanol–water partition coefficient (Wildman–Crippen LogP) is 2.66. The quantitative estimate of drug-likeness (QED) is 0.728. The summed E-state index contributed by atoms with van der Waals surface area (Å²) in [5, 5.41) is 4.28. The van der Waals surface area contributed by atoms with E-state index >= 15 is 0 Å². The summed E-state index contributed by atoms with van der Waals surface area (Å²) in [6.07, 6.45) is 10.4. The molecule has 164 valence electrons. The van der Waals surface area contributed by atoms with Gasteiger partial charge in [0.05, 0.1) is 36.9 Å². The first-order valence-corrected chi connectivity index (χ1v) is 12.7. The molecule has 2 aromatic rings. The Morgan fingerprint density at radius 1 is 1.13 bits per heavy atom. The Kier molecular flexibility index (Phi) is 6.46. The second-order valence-corrected chi connectivity index (χ2v) is 10.4. The van der Waals surface area contributed by atoms with E-state index in [4.69, 9.17) is 4.74 Å². The molecule has 1 aromatic heterocycles. The third-order valence-electron chi connectivity index (χ3n) is 6.38. The number of rotatable bonds is 7. The molecule has 2 aliphatic rings. The molecule has 1 saturated carbocycles. The normalized spacial score (nSPS) is 27.5. The van der Waals surface area contributed by atoms with Gasteiger partial charge in [0.2, 0.25) is 10.0 Å². The number of benzene rings is 1. The van der Waals surface area contributed by atoms with Crippen LogP contribution >= 0.6 is 0 Å². The lowest BCUT2D eigenvalue weighted by Crippen LogP contribution is -2.48. The summed E-state index contributed by atoms with van der Waals surface area (Å²) in [5.74, 6) is 0.615. The smallest absolute Gasteiger partial charge is 0.209 e. The zero-order chi connectivity index (χ0) is 21.1. The summed E-state index contributed by atoms with van der Waals surface area (Å²) in [7, 11) is -1.38. The summed E-state index contributed by atoms with van der Waals surface area (Å²) < 4.78 is 34.7. The lowest BCUT2D eigenvalue weighted by molar-refractivity contribution is 0.0157. The highest BCUT2D eigenvalue weighted by Crippen LogP contribution is 2.34. The first-order chi connectivity index (χ1) is 14.4. The van der Waals surface area contributed by atoms with E-state index in [1.54, 1.807) is 4.68 Å². The van der Waals surface area contributed by atoms with E-state index in [1.807, 2.05) is 19.4 Å². The van der Waals surface area contributed by atoms with Crippen molar-refractivity contribution in [2.75, 3.05) is 24.3 Å². The number of ether oxygens (including phenoxy) is 1. The van der Waals surface area contributed by atoms with Crippen molar-refractivity contribution in [1.29, 1.82) is 0 Å². The highest BCUT2D eigenvalue weighted by Gasteiger charge is 2.37. The SMILES string of the molecule is Cn1cc(N2CC[C@H](NS(C)(=O)=O)[C@@H]2COC2CCC(c3ccccc3)CC2)cn1. The fraction of sp³-hybridized carbons (Fsp3) is 0.591. The average Bonchev–Trinajstić information content (AvgIpc) is 3.32. The summed E-state index contributed by atoms with van der Waals surface area (Å²) >= 11 is 0. The van der Waals surface area contributed by atoms with Crippen LogP contribution in [0, 0.1) is 0 Å². The fourth-order valence-corrected chi connectivity index (χ4v) is 5.70. The number of nitrogens with zero attached hydrogens (tertiary/aromatic N) is 3. The van der Waals surface area contributed by atoms with Crippen molar-refractivity contribution in [3.05, 3.63) is 48.3 Å². The van der Waals surface area contributed by atoms with E-state index in [0.717, 1.165) is 44.3 Å². The van der Waals surface area contributed by atoms with Crippen molar-refractivity contribution >= 4 is 15.7 Å². The van der Waals surface area contributed by atoms with Gasteiger partial charge in [0.15, 0.2) is 0 Å². The van der Waals surface area contributed by atoms with Crippen LogP contribution in [0.1, 0.15) is 43.6 Å². The summed E-state index contributed by atoms with van der Waals surface area (Å²) in [4.78, 5) is 2.23. The van der Waals surface area contributed by atoms with Crippen LogP contribution in [0.5, 0.6) is 0 Å². The summed E-state index contributed by atoms with van der Waals surface area (Å²) in [5.41, 5.74) is 2.43. The van der Waals surface area contributed by atoms with Gasteiger partial charge in [0, 0.05) is 25.8 Å². The predicted molar refractivity (Wildman–Crippen MR) is 118 cm³/mol. The molecular formula is C22H32N4O3S. The monoisotopic (exact) mass is 432 g/mol. The molecular weight excluding hydrogens is 400 g/mol. The largest absolute Gasteiger partial charge is 0.376 e. The molecule has 0 spiro atoms. The molecule has 8 heteroatoms. The van der Waals surface area contributed by atoms with Gasteiger partial charge in [-0.1, -0.05) is 30.3 Å². The van der Waals surface area contributed by atoms with Gasteiger partial charge in [-0.2, -0.15) is 5.10 Å². The number of aromatic nitrogens is 2. The molecule has 0 unspecified atom stereocenters. The van der Waals surface area contributed by atoms with E-state index in [0.29, 0.717) is 12.5 Å². The second-order valence-electron chi connectivity index (χ2n) is 8.64. The van der Waals surface area contributed by atoms with Crippen LogP contribution in [0.3, 0.4) is 0 Å². The minimum Gasteiger partial charge on any atom is -0.376 e. The van der Waals surface area contributed by atoms with Crippen molar-refractivity contribution in [2.45, 2.75) is 56.2 Å². The minimum atomic E-state index is -3.28. The van der Waals surface area contributed by atoms with Gasteiger partial charge < -0.3 is 9.64 Å². The van der Waals surface area contributed by atoms with E-state index in [2.05, 4.69) is 45.1 Å². The minimum absolute atomic E-state index is 0.0317. The van der Waals surface area contributed by atoms with Crippen molar-refractivity contribution in [1.82, 2.24) is 14.5 Å². The van der Waals surface area contributed by atoms with Gasteiger partial charge in [0.1, 0.15) is 0 Å². The number of hydrogen-bond acceptors (Lipinski definition) is 5. The summed E-state index contributed by atoms with van der Waals surface area (Å²) in [6.45, 7) is 1.30. The van der Waals surface area contributed by atoms with Crippen LogP contribution < -0.4 is 9.62 Å². The maximum atomic E-state index is 11.9. The molecule has 0 amide bonds. The van der Waals surface area contributed by atoms with Crippen LogP contribution in [0.15, 0.2) is 42.7 Å². The Morgan fingerprint density at radius 3 is 2.50 bits per heavy atom. The van der Waals surface area contributed by atoms with E-state index in [1.165, 1.54) is 11.8 Å². The van der Waals surface area contributed by atoms with Gasteiger partial charge in [-0.25, -0.2) is 13.1 Å². The molecule has 30 heavy (non-hydrogen) atoms. The van der Waals surface area contributed by atoms with Crippen LogP contribution in [-0.2, 0) is 21.8 Å². The van der Waals surface area contributed by atoms with Gasteiger partial charge >= 0.3 is 0 Å². The highest BCUT2D eigenvalue weighted by atomic mass is 32.2. The van der Waals surface area contributed by atoms with Crippen molar-refractivity contribution in [3.63, 3.8) is 0 Å². The van der Waals surface area contributed by atoms with Crippen molar-refractivity contribution < 1.29 is 13.2 Å². The second kappa shape index (κ2) is 9.08. The van der Waals surface area contributed by atoms with Crippen LogP contribution in [0.4, 0.5) is 5.69 Å². The van der Waals surface area contributed by atoms with Gasteiger partial charge in [0.25, 0.3) is 0 Å². The number of aryl methyl sites for hydroxylation is 1. The Labute approximate surface area is 179 Å². The Bertz CT molecular complexity index is 923. The van der Waals surface area contributed by atoms with Crippen LogP contribution in [-0.4, -0.2) is 55.8 Å².